The summed E-state index contributed by atoms with van der Waals surface area (Å²) in [4.78, 5) is 13.2. The standard InChI is InChI=1S/C13H12BrN3O4S/c14-9-3-1-8(2-4-9)11-6-13(21-16-11)17-7-10(5-12(17)18)22(15,19)20/h1-4,6,10H,5,7H2,(H2,15,19,20). The van der Waals surface area contributed by atoms with Gasteiger partial charge in [-0.1, -0.05) is 33.2 Å². The molecular weight excluding hydrogens is 374 g/mol. The number of nitrogens with zero attached hydrogens (tertiary/aromatic N) is 2. The van der Waals surface area contributed by atoms with Crippen LogP contribution in [0, 0.1) is 0 Å². The van der Waals surface area contributed by atoms with Crippen LogP contribution in [0.4, 0.5) is 5.88 Å². The van der Waals surface area contributed by atoms with Crippen LogP contribution in [-0.4, -0.2) is 31.3 Å². The predicted octanol–water partition coefficient (Wildman–Crippen LogP) is 1.50. The number of nitrogens with two attached hydrogens (primary N) is 1. The molecule has 1 unspecified atom stereocenters. The van der Waals surface area contributed by atoms with E-state index in [2.05, 4.69) is 21.1 Å². The van der Waals surface area contributed by atoms with E-state index in [9.17, 15) is 13.2 Å². The van der Waals surface area contributed by atoms with Crippen LogP contribution in [0.5, 0.6) is 0 Å². The Bertz CT molecular complexity index is 816. The van der Waals surface area contributed by atoms with Crippen LogP contribution in [-0.2, 0) is 14.8 Å². The average Bonchev–Trinajstić information content (AvgIpc) is 3.05. The molecule has 2 N–H and O–H groups in total. The Labute approximate surface area is 135 Å². The molecule has 7 nitrogen and oxygen atoms in total. The summed E-state index contributed by atoms with van der Waals surface area (Å²) in [7, 11) is -3.76. The van der Waals surface area contributed by atoms with Gasteiger partial charge < -0.3 is 4.52 Å². The Morgan fingerprint density at radius 2 is 2.00 bits per heavy atom. The molecule has 2 heterocycles. The van der Waals surface area contributed by atoms with Gasteiger partial charge in [-0.2, -0.15) is 0 Å². The van der Waals surface area contributed by atoms with Crippen LogP contribution in [0.3, 0.4) is 0 Å². The van der Waals surface area contributed by atoms with Crippen molar-refractivity contribution in [3.8, 4) is 11.3 Å². The van der Waals surface area contributed by atoms with Crippen molar-refractivity contribution in [3.05, 3.63) is 34.8 Å². The SMILES string of the molecule is NS(=O)(=O)C1CC(=O)N(c2cc(-c3ccc(Br)cc3)no2)C1. The van der Waals surface area contributed by atoms with Crippen LogP contribution in [0.1, 0.15) is 6.42 Å². The van der Waals surface area contributed by atoms with Crippen LogP contribution in [0.25, 0.3) is 11.3 Å². The molecule has 0 bridgehead atoms. The minimum atomic E-state index is -3.76. The van der Waals surface area contributed by atoms with Gasteiger partial charge in [0.05, 0.1) is 0 Å². The average molecular weight is 386 g/mol. The van der Waals surface area contributed by atoms with Gasteiger partial charge in [0.2, 0.25) is 21.8 Å². The third-order valence-corrected chi connectivity index (χ3v) is 5.23. The zero-order valence-corrected chi connectivity index (χ0v) is 13.7. The van der Waals surface area contributed by atoms with Crippen molar-refractivity contribution in [1.82, 2.24) is 5.16 Å². The molecular formula is C13H12BrN3O4S. The van der Waals surface area contributed by atoms with Gasteiger partial charge in [0.25, 0.3) is 0 Å². The lowest BCUT2D eigenvalue weighted by Crippen LogP contribution is -2.31. The number of sulfonamides is 1. The summed E-state index contributed by atoms with van der Waals surface area (Å²) in [5, 5.41) is 8.10. The highest BCUT2D eigenvalue weighted by atomic mass is 79.9. The highest BCUT2D eigenvalue weighted by molar-refractivity contribution is 9.10. The largest absolute Gasteiger partial charge is 0.338 e. The highest BCUT2D eigenvalue weighted by Crippen LogP contribution is 2.29. The molecule has 1 amide bonds. The van der Waals surface area contributed by atoms with E-state index >= 15 is 0 Å². The molecule has 1 saturated heterocycles. The lowest BCUT2D eigenvalue weighted by atomic mass is 10.1. The van der Waals surface area contributed by atoms with Gasteiger partial charge in [-0.3, -0.25) is 9.69 Å². The van der Waals surface area contributed by atoms with Gasteiger partial charge in [-0.15, -0.1) is 0 Å². The zero-order chi connectivity index (χ0) is 15.9. The monoisotopic (exact) mass is 385 g/mol. The summed E-state index contributed by atoms with van der Waals surface area (Å²) in [6.07, 6.45) is -0.146. The fourth-order valence-corrected chi connectivity index (χ4v) is 3.25. The van der Waals surface area contributed by atoms with Gasteiger partial charge in [0.15, 0.2) is 0 Å². The van der Waals surface area contributed by atoms with E-state index in [1.165, 1.54) is 4.90 Å². The van der Waals surface area contributed by atoms with Crippen molar-refractivity contribution in [3.63, 3.8) is 0 Å². The number of carbonyl (C=O) groups excluding carboxylic acids is 1. The van der Waals surface area contributed by atoms with Crippen molar-refractivity contribution in [2.75, 3.05) is 11.4 Å². The number of halogens is 1. The van der Waals surface area contributed by atoms with Crippen molar-refractivity contribution in [2.24, 2.45) is 5.14 Å². The van der Waals surface area contributed by atoms with Crippen molar-refractivity contribution < 1.29 is 17.7 Å². The third kappa shape index (κ3) is 2.92. The summed E-state index contributed by atoms with van der Waals surface area (Å²) in [6.45, 7) is -0.0212. The maximum absolute atomic E-state index is 11.9. The van der Waals surface area contributed by atoms with Crippen LogP contribution >= 0.6 is 15.9 Å². The molecule has 0 spiro atoms. The van der Waals surface area contributed by atoms with Crippen molar-refractivity contribution in [2.45, 2.75) is 11.7 Å². The molecule has 0 saturated carbocycles. The summed E-state index contributed by atoms with van der Waals surface area (Å²) in [6, 6.07) is 9.03. The third-order valence-electron chi connectivity index (χ3n) is 3.46. The number of hydrogen-bond donors (Lipinski definition) is 1. The molecule has 22 heavy (non-hydrogen) atoms. The number of rotatable bonds is 3. The van der Waals surface area contributed by atoms with Gasteiger partial charge >= 0.3 is 0 Å². The van der Waals surface area contributed by atoms with Crippen molar-refractivity contribution in [1.29, 1.82) is 0 Å². The topological polar surface area (TPSA) is 106 Å². The number of aromatic nitrogens is 1. The van der Waals surface area contributed by atoms with E-state index in [0.29, 0.717) is 5.69 Å². The molecule has 1 atom stereocenters. The van der Waals surface area contributed by atoms with E-state index in [1.807, 2.05) is 24.3 Å². The normalized spacial score (nSPS) is 18.9. The molecule has 3 rings (SSSR count). The number of primary sulfonamides is 1. The first-order valence-corrected chi connectivity index (χ1v) is 8.79. The fraction of sp³-hybridized carbons (Fsp3) is 0.231. The van der Waals surface area contributed by atoms with Gasteiger partial charge in [0, 0.05) is 29.1 Å². The molecule has 0 radical (unpaired) electrons. The Morgan fingerprint density at radius 1 is 1.32 bits per heavy atom. The van der Waals surface area contributed by atoms with Crippen LogP contribution in [0.2, 0.25) is 0 Å². The van der Waals surface area contributed by atoms with Gasteiger partial charge in [0.1, 0.15) is 10.9 Å². The van der Waals surface area contributed by atoms with E-state index in [0.717, 1.165) is 10.0 Å². The molecule has 1 aliphatic rings. The van der Waals surface area contributed by atoms with E-state index in [-0.39, 0.29) is 24.8 Å². The second kappa shape index (κ2) is 5.49. The second-order valence-electron chi connectivity index (χ2n) is 4.98. The van der Waals surface area contributed by atoms with Crippen molar-refractivity contribution >= 4 is 37.7 Å². The smallest absolute Gasteiger partial charge is 0.234 e. The Kier molecular flexibility index (Phi) is 3.79. The highest BCUT2D eigenvalue weighted by Gasteiger charge is 2.38. The second-order valence-corrected chi connectivity index (χ2v) is 7.74. The minimum Gasteiger partial charge on any atom is -0.338 e. The van der Waals surface area contributed by atoms with E-state index in [4.69, 9.17) is 9.66 Å². The first kappa shape index (κ1) is 15.2. The summed E-state index contributed by atoms with van der Waals surface area (Å²) >= 11 is 3.34. The van der Waals surface area contributed by atoms with E-state index in [1.54, 1.807) is 6.07 Å². The summed E-state index contributed by atoms with van der Waals surface area (Å²) < 4.78 is 28.8. The quantitative estimate of drug-likeness (QED) is 0.861. The van der Waals surface area contributed by atoms with Gasteiger partial charge in [-0.05, 0) is 12.1 Å². The maximum Gasteiger partial charge on any atom is 0.234 e. The molecule has 116 valence electrons. The number of benzene rings is 1. The number of hydrogen-bond acceptors (Lipinski definition) is 5. The molecule has 9 heteroatoms. The van der Waals surface area contributed by atoms with Gasteiger partial charge in [-0.25, -0.2) is 13.6 Å². The predicted molar refractivity (Wildman–Crippen MR) is 83.5 cm³/mol. The maximum atomic E-state index is 11.9. The van der Waals surface area contributed by atoms with Crippen LogP contribution < -0.4 is 10.0 Å². The molecule has 1 aliphatic heterocycles. The molecule has 2 aromatic rings. The summed E-state index contributed by atoms with van der Waals surface area (Å²) in [5.41, 5.74) is 1.39. The zero-order valence-electron chi connectivity index (χ0n) is 11.3. The Morgan fingerprint density at radius 3 is 2.59 bits per heavy atom. The number of amides is 1. The van der Waals surface area contributed by atoms with E-state index < -0.39 is 15.3 Å². The number of carbonyl (C=O) groups is 1. The molecule has 0 aliphatic carbocycles. The fourth-order valence-electron chi connectivity index (χ4n) is 2.26. The summed E-state index contributed by atoms with van der Waals surface area (Å²) in [5.74, 6) is -0.133. The lowest BCUT2D eigenvalue weighted by molar-refractivity contribution is -0.117. The Balaban J connectivity index is 1.85. The van der Waals surface area contributed by atoms with Crippen LogP contribution in [0.15, 0.2) is 39.3 Å². The lowest BCUT2D eigenvalue weighted by Gasteiger charge is -2.10. The minimum absolute atomic E-state index is 0.0212. The Hall–Kier alpha value is -1.71. The first-order chi connectivity index (χ1) is 10.3. The first-order valence-electron chi connectivity index (χ1n) is 6.39. The number of anilines is 1. The molecule has 1 fully saturated rings. The molecule has 1 aromatic heterocycles. The molecule has 1 aromatic carbocycles.